The van der Waals surface area contributed by atoms with Crippen LogP contribution in [0.1, 0.15) is 44.9 Å². The zero-order valence-electron chi connectivity index (χ0n) is 12.4. The van der Waals surface area contributed by atoms with Crippen LogP contribution in [0.3, 0.4) is 0 Å². The maximum atomic E-state index is 12.8. The summed E-state index contributed by atoms with van der Waals surface area (Å²) in [6, 6.07) is 0. The standard InChI is InChI=1S/C15H26N2O2S/c1-17(11-12-5-3-2-4-6-12)14(18)15(13(16)20)7-9-19-10-8-15/h12H,2-11H2,1H3,(H2,16,20). The molecule has 0 unspecified atom stereocenters. The summed E-state index contributed by atoms with van der Waals surface area (Å²) in [5.41, 5.74) is 5.23. The SMILES string of the molecule is CN(CC1CCCCC1)C(=O)C1(C(N)=S)CCOCC1. The Morgan fingerprint density at radius 2 is 1.90 bits per heavy atom. The maximum Gasteiger partial charge on any atom is 0.235 e. The van der Waals surface area contributed by atoms with E-state index in [1.54, 1.807) is 0 Å². The number of nitrogens with two attached hydrogens (primary N) is 1. The van der Waals surface area contributed by atoms with E-state index >= 15 is 0 Å². The Morgan fingerprint density at radius 1 is 1.30 bits per heavy atom. The third kappa shape index (κ3) is 3.31. The maximum absolute atomic E-state index is 12.8. The minimum absolute atomic E-state index is 0.0962. The number of carbonyl (C=O) groups excluding carboxylic acids is 1. The lowest BCUT2D eigenvalue weighted by molar-refractivity contribution is -0.141. The molecule has 2 rings (SSSR count). The average Bonchev–Trinajstić information content (AvgIpc) is 2.48. The van der Waals surface area contributed by atoms with Gasteiger partial charge in [-0.15, -0.1) is 0 Å². The minimum Gasteiger partial charge on any atom is -0.392 e. The van der Waals surface area contributed by atoms with E-state index in [1.165, 1.54) is 32.1 Å². The molecule has 1 saturated heterocycles. The number of rotatable bonds is 4. The molecule has 0 atom stereocenters. The van der Waals surface area contributed by atoms with Gasteiger partial charge >= 0.3 is 0 Å². The summed E-state index contributed by atoms with van der Waals surface area (Å²) in [5.74, 6) is 0.736. The van der Waals surface area contributed by atoms with Crippen LogP contribution in [0.5, 0.6) is 0 Å². The van der Waals surface area contributed by atoms with Gasteiger partial charge in [0.1, 0.15) is 5.41 Å². The molecule has 0 aromatic rings. The molecule has 1 aliphatic carbocycles. The molecule has 1 heterocycles. The van der Waals surface area contributed by atoms with Crippen molar-refractivity contribution in [2.75, 3.05) is 26.8 Å². The summed E-state index contributed by atoms with van der Waals surface area (Å²) in [6.45, 7) is 1.98. The first-order valence-corrected chi connectivity index (χ1v) is 8.10. The summed E-state index contributed by atoms with van der Waals surface area (Å²) in [5, 5.41) is 0. The molecule has 1 aliphatic heterocycles. The van der Waals surface area contributed by atoms with Crippen molar-refractivity contribution in [1.82, 2.24) is 4.90 Å². The summed E-state index contributed by atoms with van der Waals surface area (Å²) in [4.78, 5) is 15.0. The van der Waals surface area contributed by atoms with Crippen molar-refractivity contribution in [1.29, 1.82) is 0 Å². The Kier molecular flexibility index (Phi) is 5.38. The molecule has 5 heteroatoms. The second-order valence-electron chi connectivity index (χ2n) is 6.25. The van der Waals surface area contributed by atoms with E-state index in [0.29, 0.717) is 37.0 Å². The van der Waals surface area contributed by atoms with Gasteiger partial charge in [-0.3, -0.25) is 4.79 Å². The second-order valence-corrected chi connectivity index (χ2v) is 6.69. The van der Waals surface area contributed by atoms with Crippen LogP contribution in [0.4, 0.5) is 0 Å². The number of thiocarbonyl (C=S) groups is 1. The smallest absolute Gasteiger partial charge is 0.235 e. The number of amides is 1. The molecule has 2 aliphatic rings. The Hall–Kier alpha value is -0.680. The van der Waals surface area contributed by atoms with E-state index in [0.717, 1.165) is 6.54 Å². The molecule has 4 nitrogen and oxygen atoms in total. The zero-order valence-corrected chi connectivity index (χ0v) is 13.2. The van der Waals surface area contributed by atoms with E-state index < -0.39 is 5.41 Å². The molecule has 1 amide bonds. The Labute approximate surface area is 127 Å². The lowest BCUT2D eigenvalue weighted by Gasteiger charge is -2.39. The van der Waals surface area contributed by atoms with E-state index in [9.17, 15) is 4.79 Å². The minimum atomic E-state index is -0.670. The van der Waals surface area contributed by atoms with E-state index in [4.69, 9.17) is 22.7 Å². The van der Waals surface area contributed by atoms with Crippen molar-refractivity contribution >= 4 is 23.1 Å². The molecule has 0 aromatic carbocycles. The predicted molar refractivity (Wildman–Crippen MR) is 83.5 cm³/mol. The van der Waals surface area contributed by atoms with Gasteiger partial charge in [0, 0.05) is 26.8 Å². The zero-order chi connectivity index (χ0) is 14.6. The highest BCUT2D eigenvalue weighted by atomic mass is 32.1. The van der Waals surface area contributed by atoms with E-state index in [-0.39, 0.29) is 5.91 Å². The van der Waals surface area contributed by atoms with Crippen molar-refractivity contribution in [2.45, 2.75) is 44.9 Å². The van der Waals surface area contributed by atoms with Crippen molar-refractivity contribution in [3.8, 4) is 0 Å². The van der Waals surface area contributed by atoms with Crippen LogP contribution in [-0.4, -0.2) is 42.6 Å². The molecule has 0 spiro atoms. The third-order valence-corrected chi connectivity index (χ3v) is 5.22. The molecule has 20 heavy (non-hydrogen) atoms. The summed E-state index contributed by atoms with van der Waals surface area (Å²) >= 11 is 5.20. The first-order valence-electron chi connectivity index (χ1n) is 7.69. The highest BCUT2D eigenvalue weighted by Gasteiger charge is 2.44. The van der Waals surface area contributed by atoms with Crippen molar-refractivity contribution in [2.24, 2.45) is 17.1 Å². The van der Waals surface area contributed by atoms with Gasteiger partial charge in [-0.05, 0) is 31.6 Å². The number of hydrogen-bond acceptors (Lipinski definition) is 3. The highest BCUT2D eigenvalue weighted by Crippen LogP contribution is 2.34. The monoisotopic (exact) mass is 298 g/mol. The van der Waals surface area contributed by atoms with Crippen LogP contribution in [0, 0.1) is 11.3 Å². The topological polar surface area (TPSA) is 55.6 Å². The number of ether oxygens (including phenoxy) is 1. The highest BCUT2D eigenvalue weighted by molar-refractivity contribution is 7.80. The summed E-state index contributed by atoms with van der Waals surface area (Å²) in [6.07, 6.45) is 7.64. The van der Waals surface area contributed by atoms with Gasteiger partial charge in [0.15, 0.2) is 0 Å². The normalized spacial score (nSPS) is 23.2. The van der Waals surface area contributed by atoms with Crippen LogP contribution in [-0.2, 0) is 9.53 Å². The summed E-state index contributed by atoms with van der Waals surface area (Å²) in [7, 11) is 1.90. The fourth-order valence-electron chi connectivity index (χ4n) is 3.49. The number of hydrogen-bond donors (Lipinski definition) is 1. The van der Waals surface area contributed by atoms with E-state index in [1.807, 2.05) is 11.9 Å². The van der Waals surface area contributed by atoms with Crippen molar-refractivity contribution in [3.63, 3.8) is 0 Å². The average molecular weight is 298 g/mol. The molecule has 1 saturated carbocycles. The first-order chi connectivity index (χ1) is 9.56. The molecule has 2 N–H and O–H groups in total. The van der Waals surface area contributed by atoms with Crippen molar-refractivity contribution in [3.05, 3.63) is 0 Å². The molecular weight excluding hydrogens is 272 g/mol. The van der Waals surface area contributed by atoms with Crippen LogP contribution < -0.4 is 5.73 Å². The van der Waals surface area contributed by atoms with Gasteiger partial charge in [0.05, 0.1) is 4.99 Å². The Morgan fingerprint density at radius 3 is 2.45 bits per heavy atom. The molecular formula is C15H26N2O2S. The predicted octanol–water partition coefficient (Wildman–Crippen LogP) is 2.11. The van der Waals surface area contributed by atoms with Crippen LogP contribution in [0.2, 0.25) is 0 Å². The van der Waals surface area contributed by atoms with Crippen molar-refractivity contribution < 1.29 is 9.53 Å². The van der Waals surface area contributed by atoms with Gasteiger partial charge in [0.25, 0.3) is 0 Å². The van der Waals surface area contributed by atoms with Crippen LogP contribution in [0.15, 0.2) is 0 Å². The summed E-state index contributed by atoms with van der Waals surface area (Å²) < 4.78 is 5.37. The lowest BCUT2D eigenvalue weighted by Crippen LogP contribution is -2.53. The van der Waals surface area contributed by atoms with E-state index in [2.05, 4.69) is 0 Å². The van der Waals surface area contributed by atoms with Gasteiger partial charge in [-0.1, -0.05) is 31.5 Å². The molecule has 114 valence electrons. The van der Waals surface area contributed by atoms with Gasteiger partial charge in [-0.2, -0.15) is 0 Å². The molecule has 0 radical (unpaired) electrons. The first kappa shape index (κ1) is 15.7. The van der Waals surface area contributed by atoms with Gasteiger partial charge in [-0.25, -0.2) is 0 Å². The Bertz CT molecular complexity index is 361. The van der Waals surface area contributed by atoms with Gasteiger partial charge in [0.2, 0.25) is 5.91 Å². The quantitative estimate of drug-likeness (QED) is 0.808. The fraction of sp³-hybridized carbons (Fsp3) is 0.867. The van der Waals surface area contributed by atoms with Gasteiger partial charge < -0.3 is 15.4 Å². The molecule has 0 aromatic heterocycles. The third-order valence-electron chi connectivity index (χ3n) is 4.83. The number of nitrogens with zero attached hydrogens (tertiary/aromatic N) is 1. The largest absolute Gasteiger partial charge is 0.392 e. The molecule has 2 fully saturated rings. The molecule has 0 bridgehead atoms. The van der Waals surface area contributed by atoms with Crippen LogP contribution in [0.25, 0.3) is 0 Å². The van der Waals surface area contributed by atoms with Crippen LogP contribution >= 0.6 is 12.2 Å². The second kappa shape index (κ2) is 6.85. The lowest BCUT2D eigenvalue weighted by atomic mass is 9.78. The Balaban J connectivity index is 2.01. The number of carbonyl (C=O) groups is 1. The fourth-order valence-corrected chi connectivity index (χ4v) is 3.78.